The first-order valence-corrected chi connectivity index (χ1v) is 8.66. The number of rotatable bonds is 2. The van der Waals surface area contributed by atoms with Crippen molar-refractivity contribution in [2.75, 3.05) is 33.2 Å². The van der Waals surface area contributed by atoms with Crippen molar-refractivity contribution in [3.8, 4) is 17.1 Å². The molecule has 0 spiro atoms. The predicted molar refractivity (Wildman–Crippen MR) is 98.4 cm³/mol. The number of piperazine rings is 1. The monoisotopic (exact) mass is 361 g/mol. The maximum atomic E-state index is 12.6. The number of aryl methyl sites for hydroxylation is 2. The molecule has 8 heteroatoms. The second-order valence-corrected chi connectivity index (χ2v) is 6.89. The molecule has 0 atom stereocenters. The molecule has 0 radical (unpaired) electrons. The van der Waals surface area contributed by atoms with E-state index in [0.717, 1.165) is 29.8 Å². The Kier molecular flexibility index (Phi) is 4.91. The highest BCUT2D eigenvalue weighted by Gasteiger charge is 2.23. The van der Waals surface area contributed by atoms with Crippen molar-refractivity contribution in [1.29, 1.82) is 0 Å². The number of benzene rings is 1. The number of hydrogen-bond acceptors (Lipinski definition) is 5. The fourth-order valence-corrected chi connectivity index (χ4v) is 2.92. The number of nitrogens with zero attached hydrogens (tertiary/aromatic N) is 4. The minimum atomic E-state index is -0.325. The minimum absolute atomic E-state index is 0.325. The SMILES string of the molecule is Cc1cc(OC(=O)N2CCN(C)CC2)c(-c2n[nH]c(=S)n2C)cc1C. The van der Waals surface area contributed by atoms with Crippen molar-refractivity contribution in [2.45, 2.75) is 13.8 Å². The van der Waals surface area contributed by atoms with Gasteiger partial charge >= 0.3 is 6.09 Å². The highest BCUT2D eigenvalue weighted by molar-refractivity contribution is 7.71. The molecular formula is C17H23N5O2S. The molecule has 134 valence electrons. The van der Waals surface area contributed by atoms with Crippen molar-refractivity contribution in [3.05, 3.63) is 28.0 Å². The van der Waals surface area contributed by atoms with Gasteiger partial charge < -0.3 is 19.1 Å². The van der Waals surface area contributed by atoms with Crippen LogP contribution >= 0.6 is 12.2 Å². The topological polar surface area (TPSA) is 66.4 Å². The lowest BCUT2D eigenvalue weighted by molar-refractivity contribution is 0.120. The molecule has 2 heterocycles. The summed E-state index contributed by atoms with van der Waals surface area (Å²) in [5.74, 6) is 1.15. The average Bonchev–Trinajstić information content (AvgIpc) is 2.91. The van der Waals surface area contributed by atoms with E-state index in [4.69, 9.17) is 17.0 Å². The fourth-order valence-electron chi connectivity index (χ4n) is 2.78. The number of hydrogen-bond donors (Lipinski definition) is 1. The first kappa shape index (κ1) is 17.6. The van der Waals surface area contributed by atoms with Crippen molar-refractivity contribution in [1.82, 2.24) is 24.6 Å². The molecule has 0 aliphatic carbocycles. The molecule has 0 bridgehead atoms. The van der Waals surface area contributed by atoms with Gasteiger partial charge in [0.1, 0.15) is 5.75 Å². The van der Waals surface area contributed by atoms with E-state index in [1.165, 1.54) is 0 Å². The number of carbonyl (C=O) groups is 1. The third-order valence-corrected chi connectivity index (χ3v) is 5.04. The van der Waals surface area contributed by atoms with Crippen LogP contribution in [0.2, 0.25) is 0 Å². The van der Waals surface area contributed by atoms with E-state index in [0.29, 0.717) is 29.4 Å². The number of aromatic nitrogens is 3. The summed E-state index contributed by atoms with van der Waals surface area (Å²) < 4.78 is 8.03. The average molecular weight is 361 g/mol. The highest BCUT2D eigenvalue weighted by atomic mass is 32.1. The van der Waals surface area contributed by atoms with Crippen LogP contribution in [-0.2, 0) is 7.05 Å². The molecule has 1 amide bonds. The van der Waals surface area contributed by atoms with Gasteiger partial charge in [0.05, 0.1) is 5.56 Å². The number of amides is 1. The first-order valence-electron chi connectivity index (χ1n) is 8.25. The molecule has 1 aromatic heterocycles. The summed E-state index contributed by atoms with van der Waals surface area (Å²) in [6.07, 6.45) is -0.325. The maximum Gasteiger partial charge on any atom is 0.415 e. The Balaban J connectivity index is 1.92. The molecule has 2 aromatic rings. The molecule has 1 N–H and O–H groups in total. The van der Waals surface area contributed by atoms with Gasteiger partial charge in [0.15, 0.2) is 10.6 Å². The lowest BCUT2D eigenvalue weighted by Crippen LogP contribution is -2.48. The third kappa shape index (κ3) is 3.59. The molecule has 25 heavy (non-hydrogen) atoms. The summed E-state index contributed by atoms with van der Waals surface area (Å²) in [7, 11) is 3.89. The molecular weight excluding hydrogens is 338 g/mol. The Morgan fingerprint density at radius 3 is 2.40 bits per heavy atom. The van der Waals surface area contributed by atoms with Crippen LogP contribution in [-0.4, -0.2) is 63.9 Å². The lowest BCUT2D eigenvalue weighted by Gasteiger charge is -2.31. The minimum Gasteiger partial charge on any atom is -0.409 e. The molecule has 0 saturated carbocycles. The van der Waals surface area contributed by atoms with Gasteiger partial charge in [0, 0.05) is 33.2 Å². The predicted octanol–water partition coefficient (Wildman–Crippen LogP) is 2.51. The molecule has 1 saturated heterocycles. The Hall–Kier alpha value is -2.19. The van der Waals surface area contributed by atoms with Gasteiger partial charge in [0.2, 0.25) is 0 Å². The van der Waals surface area contributed by atoms with Crippen molar-refractivity contribution >= 4 is 18.3 Å². The highest BCUT2D eigenvalue weighted by Crippen LogP contribution is 2.32. The van der Waals surface area contributed by atoms with Gasteiger partial charge in [-0.15, -0.1) is 0 Å². The summed E-state index contributed by atoms with van der Waals surface area (Å²) in [6, 6.07) is 3.86. The molecule has 1 aliphatic heterocycles. The number of likely N-dealkylation sites (N-methyl/N-ethyl adjacent to an activating group) is 1. The molecule has 1 aromatic carbocycles. The largest absolute Gasteiger partial charge is 0.415 e. The van der Waals surface area contributed by atoms with Crippen LogP contribution in [0.1, 0.15) is 11.1 Å². The molecule has 1 aliphatic rings. The van der Waals surface area contributed by atoms with E-state index >= 15 is 0 Å². The van der Waals surface area contributed by atoms with Crippen LogP contribution in [0.5, 0.6) is 5.75 Å². The third-order valence-electron chi connectivity index (χ3n) is 4.68. The van der Waals surface area contributed by atoms with Gasteiger partial charge in [-0.3, -0.25) is 5.10 Å². The zero-order chi connectivity index (χ0) is 18.1. The Morgan fingerprint density at radius 2 is 1.80 bits per heavy atom. The number of ether oxygens (including phenoxy) is 1. The van der Waals surface area contributed by atoms with E-state index < -0.39 is 0 Å². The van der Waals surface area contributed by atoms with E-state index in [1.54, 1.807) is 9.47 Å². The molecule has 0 unspecified atom stereocenters. The normalized spacial score (nSPS) is 15.4. The number of H-pyrrole nitrogens is 1. The van der Waals surface area contributed by atoms with E-state index in [9.17, 15) is 4.79 Å². The second kappa shape index (κ2) is 6.97. The fraction of sp³-hybridized carbons (Fsp3) is 0.471. The van der Waals surface area contributed by atoms with Crippen molar-refractivity contribution in [2.24, 2.45) is 7.05 Å². The van der Waals surface area contributed by atoms with Crippen LogP contribution < -0.4 is 4.74 Å². The maximum absolute atomic E-state index is 12.6. The molecule has 1 fully saturated rings. The molecule has 7 nitrogen and oxygen atoms in total. The van der Waals surface area contributed by atoms with Crippen LogP contribution in [0.4, 0.5) is 4.79 Å². The zero-order valence-corrected chi connectivity index (χ0v) is 15.8. The van der Waals surface area contributed by atoms with Gasteiger partial charge in [-0.05, 0) is 56.4 Å². The van der Waals surface area contributed by atoms with Crippen LogP contribution in [0.15, 0.2) is 12.1 Å². The van der Waals surface area contributed by atoms with Gasteiger partial charge in [-0.2, -0.15) is 5.10 Å². The van der Waals surface area contributed by atoms with Crippen LogP contribution in [0.3, 0.4) is 0 Å². The molecule has 3 rings (SSSR count). The first-order chi connectivity index (χ1) is 11.9. The van der Waals surface area contributed by atoms with Gasteiger partial charge in [-0.25, -0.2) is 4.79 Å². The second-order valence-electron chi connectivity index (χ2n) is 6.50. The Bertz CT molecular complexity index is 849. The van der Waals surface area contributed by atoms with Crippen molar-refractivity contribution < 1.29 is 9.53 Å². The quantitative estimate of drug-likeness (QED) is 0.833. The Labute approximate surface area is 152 Å². The van der Waals surface area contributed by atoms with Crippen LogP contribution in [0.25, 0.3) is 11.4 Å². The van der Waals surface area contributed by atoms with Crippen molar-refractivity contribution in [3.63, 3.8) is 0 Å². The smallest absolute Gasteiger partial charge is 0.409 e. The Morgan fingerprint density at radius 1 is 1.16 bits per heavy atom. The summed E-state index contributed by atoms with van der Waals surface area (Å²) in [5.41, 5.74) is 2.91. The standard InChI is InChI=1S/C17H23N5O2S/c1-11-9-13(15-18-19-16(25)21(15)4)14(10-12(11)2)24-17(23)22-7-5-20(3)6-8-22/h9-10H,5-8H2,1-4H3,(H,19,25). The van der Waals surface area contributed by atoms with E-state index in [1.807, 2.05) is 40.1 Å². The van der Waals surface area contributed by atoms with Gasteiger partial charge in [-0.1, -0.05) is 0 Å². The zero-order valence-electron chi connectivity index (χ0n) is 15.0. The number of aromatic amines is 1. The lowest BCUT2D eigenvalue weighted by atomic mass is 10.0. The van der Waals surface area contributed by atoms with Gasteiger partial charge in [0.25, 0.3) is 0 Å². The van der Waals surface area contributed by atoms with Crippen LogP contribution in [0, 0.1) is 18.6 Å². The van der Waals surface area contributed by atoms with E-state index in [-0.39, 0.29) is 6.09 Å². The summed E-state index contributed by atoms with van der Waals surface area (Å²) >= 11 is 5.20. The summed E-state index contributed by atoms with van der Waals surface area (Å²) in [5, 5.41) is 7.06. The van der Waals surface area contributed by atoms with E-state index in [2.05, 4.69) is 15.1 Å². The number of nitrogens with one attached hydrogen (secondary N) is 1. The summed E-state index contributed by atoms with van der Waals surface area (Å²) in [4.78, 5) is 16.5. The summed E-state index contributed by atoms with van der Waals surface area (Å²) in [6.45, 7) is 7.05. The number of carbonyl (C=O) groups excluding carboxylic acids is 1.